The minimum absolute atomic E-state index is 0.244. The maximum atomic E-state index is 13.8. The molecule has 2 aromatic rings. The van der Waals surface area contributed by atoms with E-state index < -0.39 is 6.10 Å². The molecule has 1 heterocycles. The summed E-state index contributed by atoms with van der Waals surface area (Å²) in [6.07, 6.45) is 1.43. The highest BCUT2D eigenvalue weighted by molar-refractivity contribution is 7.98. The van der Waals surface area contributed by atoms with Crippen molar-refractivity contribution in [2.45, 2.75) is 17.4 Å². The SMILES string of the molecule is CSc1ccccc1NC(=O)C1CC(c2ccccc2F)=NO1. The second kappa shape index (κ2) is 6.83. The summed E-state index contributed by atoms with van der Waals surface area (Å²) < 4.78 is 13.8. The van der Waals surface area contributed by atoms with Gasteiger partial charge in [0.15, 0.2) is 0 Å². The Labute approximate surface area is 137 Å². The van der Waals surface area contributed by atoms with E-state index in [0.29, 0.717) is 11.3 Å². The number of para-hydroxylation sites is 1. The fourth-order valence-electron chi connectivity index (χ4n) is 2.33. The van der Waals surface area contributed by atoms with Crippen molar-refractivity contribution < 1.29 is 14.0 Å². The van der Waals surface area contributed by atoms with Crippen LogP contribution in [-0.4, -0.2) is 24.0 Å². The van der Waals surface area contributed by atoms with Gasteiger partial charge < -0.3 is 10.2 Å². The number of hydrogen-bond acceptors (Lipinski definition) is 4. The fraction of sp³-hybridized carbons (Fsp3) is 0.176. The summed E-state index contributed by atoms with van der Waals surface area (Å²) in [7, 11) is 0. The lowest BCUT2D eigenvalue weighted by atomic mass is 10.0. The van der Waals surface area contributed by atoms with Gasteiger partial charge in [-0.1, -0.05) is 35.5 Å². The first kappa shape index (κ1) is 15.6. The molecule has 23 heavy (non-hydrogen) atoms. The Bertz CT molecular complexity index is 764. The third-order valence-electron chi connectivity index (χ3n) is 3.51. The molecule has 0 aliphatic carbocycles. The van der Waals surface area contributed by atoms with E-state index in [1.165, 1.54) is 6.07 Å². The third kappa shape index (κ3) is 3.37. The van der Waals surface area contributed by atoms with E-state index >= 15 is 0 Å². The first-order chi connectivity index (χ1) is 11.2. The maximum Gasteiger partial charge on any atom is 0.268 e. The first-order valence-corrected chi connectivity index (χ1v) is 8.33. The summed E-state index contributed by atoms with van der Waals surface area (Å²) in [5.41, 5.74) is 1.54. The third-order valence-corrected chi connectivity index (χ3v) is 4.31. The predicted molar refractivity (Wildman–Crippen MR) is 89.3 cm³/mol. The topological polar surface area (TPSA) is 50.7 Å². The number of halogens is 1. The van der Waals surface area contributed by atoms with Gasteiger partial charge in [0.25, 0.3) is 5.91 Å². The van der Waals surface area contributed by atoms with Crippen molar-refractivity contribution in [2.24, 2.45) is 5.16 Å². The van der Waals surface area contributed by atoms with Gasteiger partial charge in [0.05, 0.1) is 11.4 Å². The molecular weight excluding hydrogens is 315 g/mol. The molecule has 6 heteroatoms. The number of nitrogens with one attached hydrogen (secondary N) is 1. The Morgan fingerprint density at radius 2 is 2.00 bits per heavy atom. The lowest BCUT2D eigenvalue weighted by Crippen LogP contribution is -2.28. The number of rotatable bonds is 4. The number of nitrogens with zero attached hydrogens (tertiary/aromatic N) is 1. The maximum absolute atomic E-state index is 13.8. The molecule has 4 nitrogen and oxygen atoms in total. The molecule has 0 fully saturated rings. The lowest BCUT2D eigenvalue weighted by molar-refractivity contribution is -0.125. The molecule has 0 spiro atoms. The van der Waals surface area contributed by atoms with Crippen LogP contribution in [0.15, 0.2) is 58.6 Å². The van der Waals surface area contributed by atoms with E-state index in [2.05, 4.69) is 10.5 Å². The summed E-state index contributed by atoms with van der Waals surface area (Å²) in [4.78, 5) is 18.5. The van der Waals surface area contributed by atoms with Crippen LogP contribution in [0.4, 0.5) is 10.1 Å². The highest BCUT2D eigenvalue weighted by Crippen LogP contribution is 2.26. The largest absolute Gasteiger partial charge is 0.382 e. The number of anilines is 1. The number of amides is 1. The van der Waals surface area contributed by atoms with Gasteiger partial charge in [-0.15, -0.1) is 11.8 Å². The van der Waals surface area contributed by atoms with Crippen LogP contribution in [0.5, 0.6) is 0 Å². The molecule has 0 bridgehead atoms. The van der Waals surface area contributed by atoms with Crippen molar-refractivity contribution in [3.05, 3.63) is 59.9 Å². The number of oxime groups is 1. The van der Waals surface area contributed by atoms with E-state index in [1.54, 1.807) is 30.0 Å². The van der Waals surface area contributed by atoms with Crippen LogP contribution < -0.4 is 5.32 Å². The Kier molecular flexibility index (Phi) is 4.62. The number of carbonyl (C=O) groups excluding carboxylic acids is 1. The Morgan fingerprint density at radius 3 is 2.78 bits per heavy atom. The van der Waals surface area contributed by atoms with Crippen molar-refractivity contribution in [3.8, 4) is 0 Å². The Morgan fingerprint density at radius 1 is 1.26 bits per heavy atom. The molecule has 3 rings (SSSR count). The normalized spacial score (nSPS) is 16.6. The molecule has 1 aliphatic heterocycles. The van der Waals surface area contributed by atoms with Crippen molar-refractivity contribution in [1.82, 2.24) is 0 Å². The van der Waals surface area contributed by atoms with Crippen LogP contribution in [0.25, 0.3) is 0 Å². The van der Waals surface area contributed by atoms with Crippen molar-refractivity contribution in [1.29, 1.82) is 0 Å². The van der Waals surface area contributed by atoms with Gasteiger partial charge in [0, 0.05) is 16.9 Å². The quantitative estimate of drug-likeness (QED) is 0.870. The first-order valence-electron chi connectivity index (χ1n) is 7.10. The minimum atomic E-state index is -0.750. The van der Waals surface area contributed by atoms with Crippen molar-refractivity contribution >= 4 is 29.1 Å². The average molecular weight is 330 g/mol. The molecule has 0 aromatic heterocycles. The smallest absolute Gasteiger partial charge is 0.268 e. The van der Waals surface area contributed by atoms with Crippen LogP contribution in [-0.2, 0) is 9.63 Å². The van der Waals surface area contributed by atoms with E-state index in [1.807, 2.05) is 30.5 Å². The standard InChI is InChI=1S/C17H15FN2O2S/c1-23-16-9-5-4-8-13(16)19-17(21)15-10-14(20-22-15)11-6-2-3-7-12(11)18/h2-9,15H,10H2,1H3,(H,19,21). The van der Waals surface area contributed by atoms with E-state index in [9.17, 15) is 9.18 Å². The Hall–Kier alpha value is -2.34. The monoisotopic (exact) mass is 330 g/mol. The van der Waals surface area contributed by atoms with Crippen LogP contribution in [0.3, 0.4) is 0 Å². The molecule has 0 saturated carbocycles. The van der Waals surface area contributed by atoms with E-state index in [0.717, 1.165) is 10.6 Å². The van der Waals surface area contributed by atoms with Crippen LogP contribution in [0, 0.1) is 5.82 Å². The Balaban J connectivity index is 1.68. The van der Waals surface area contributed by atoms with Crippen molar-refractivity contribution in [3.63, 3.8) is 0 Å². The second-order valence-corrected chi connectivity index (χ2v) is 5.85. The van der Waals surface area contributed by atoms with Gasteiger partial charge in [-0.25, -0.2) is 4.39 Å². The molecule has 2 aromatic carbocycles. The summed E-state index contributed by atoms with van der Waals surface area (Å²) in [6.45, 7) is 0. The summed E-state index contributed by atoms with van der Waals surface area (Å²) in [6, 6.07) is 13.8. The molecular formula is C17H15FN2O2S. The molecule has 0 radical (unpaired) electrons. The van der Waals surface area contributed by atoms with Gasteiger partial charge in [0.2, 0.25) is 6.10 Å². The van der Waals surface area contributed by atoms with Gasteiger partial charge in [-0.05, 0) is 24.5 Å². The minimum Gasteiger partial charge on any atom is -0.382 e. The predicted octanol–water partition coefficient (Wildman–Crippen LogP) is 3.68. The number of thioether (sulfide) groups is 1. The van der Waals surface area contributed by atoms with Crippen LogP contribution in [0.1, 0.15) is 12.0 Å². The molecule has 118 valence electrons. The van der Waals surface area contributed by atoms with Gasteiger partial charge in [-0.3, -0.25) is 4.79 Å². The number of hydrogen-bond donors (Lipinski definition) is 1. The number of carbonyl (C=O) groups is 1. The molecule has 1 atom stereocenters. The zero-order valence-electron chi connectivity index (χ0n) is 12.5. The van der Waals surface area contributed by atoms with Crippen molar-refractivity contribution in [2.75, 3.05) is 11.6 Å². The average Bonchev–Trinajstić information content (AvgIpc) is 3.05. The van der Waals surface area contributed by atoms with Gasteiger partial charge in [0.1, 0.15) is 5.82 Å². The van der Waals surface area contributed by atoms with E-state index in [4.69, 9.17) is 4.84 Å². The van der Waals surface area contributed by atoms with E-state index in [-0.39, 0.29) is 18.1 Å². The number of benzene rings is 2. The second-order valence-electron chi connectivity index (χ2n) is 5.01. The van der Waals surface area contributed by atoms with Gasteiger partial charge >= 0.3 is 0 Å². The van der Waals surface area contributed by atoms with Crippen LogP contribution in [0.2, 0.25) is 0 Å². The summed E-state index contributed by atoms with van der Waals surface area (Å²) in [5, 5.41) is 6.70. The zero-order valence-corrected chi connectivity index (χ0v) is 13.3. The van der Waals surface area contributed by atoms with Gasteiger partial charge in [-0.2, -0.15) is 0 Å². The zero-order chi connectivity index (χ0) is 16.2. The highest BCUT2D eigenvalue weighted by atomic mass is 32.2. The molecule has 1 aliphatic rings. The molecule has 1 amide bonds. The fourth-order valence-corrected chi connectivity index (χ4v) is 2.89. The highest BCUT2D eigenvalue weighted by Gasteiger charge is 2.30. The van der Waals surface area contributed by atoms with Crippen LogP contribution >= 0.6 is 11.8 Å². The molecule has 1 unspecified atom stereocenters. The lowest BCUT2D eigenvalue weighted by Gasteiger charge is -2.12. The summed E-state index contributed by atoms with van der Waals surface area (Å²) >= 11 is 1.55. The molecule has 1 N–H and O–H groups in total. The summed E-state index contributed by atoms with van der Waals surface area (Å²) in [5.74, 6) is -0.662. The molecule has 0 saturated heterocycles.